The lowest BCUT2D eigenvalue weighted by Crippen LogP contribution is -2.30. The quantitative estimate of drug-likeness (QED) is 0.138. The number of hydrogen-bond acceptors (Lipinski definition) is 2. The Balaban J connectivity index is 0.000000290. The Bertz CT molecular complexity index is 2860. The highest BCUT2D eigenvalue weighted by atomic mass is 15.2. The van der Waals surface area contributed by atoms with Crippen LogP contribution in [0.1, 0.15) is 37.7 Å². The molecule has 7 aromatic rings. The second-order valence-electron chi connectivity index (χ2n) is 15.9. The van der Waals surface area contributed by atoms with Crippen molar-refractivity contribution in [3.63, 3.8) is 0 Å². The first-order valence-electron chi connectivity index (χ1n) is 22.5. The fourth-order valence-electron chi connectivity index (χ4n) is 8.59. The third-order valence-corrected chi connectivity index (χ3v) is 11.7. The molecule has 0 spiro atoms. The van der Waals surface area contributed by atoms with E-state index >= 15 is 0 Å². The molecule has 0 radical (unpaired) electrons. The minimum atomic E-state index is 0.207. The summed E-state index contributed by atoms with van der Waals surface area (Å²) in [6, 6.07) is 67.3. The molecule has 1 unspecified atom stereocenters. The van der Waals surface area contributed by atoms with E-state index in [2.05, 4.69) is 223 Å². The highest BCUT2D eigenvalue weighted by molar-refractivity contribution is 5.85. The molecule has 0 aromatic heterocycles. The molecule has 0 saturated carbocycles. The van der Waals surface area contributed by atoms with Crippen LogP contribution in [0, 0.1) is 5.92 Å². The predicted molar refractivity (Wildman–Crippen MR) is 276 cm³/mol. The summed E-state index contributed by atoms with van der Waals surface area (Å²) < 4.78 is 0. The van der Waals surface area contributed by atoms with Crippen LogP contribution in [-0.4, -0.2) is 0 Å². The van der Waals surface area contributed by atoms with Crippen molar-refractivity contribution in [2.24, 2.45) is 5.92 Å². The van der Waals surface area contributed by atoms with E-state index < -0.39 is 0 Å². The zero-order valence-electron chi connectivity index (χ0n) is 36.5. The van der Waals surface area contributed by atoms with Gasteiger partial charge < -0.3 is 10.2 Å². The molecule has 0 amide bonds. The maximum absolute atomic E-state index is 4.05. The summed E-state index contributed by atoms with van der Waals surface area (Å²) >= 11 is 0. The zero-order valence-corrected chi connectivity index (χ0v) is 36.5. The smallest absolute Gasteiger partial charge is 0.0463 e. The van der Waals surface area contributed by atoms with Gasteiger partial charge in [-0.3, -0.25) is 0 Å². The maximum Gasteiger partial charge on any atom is 0.0463 e. The Morgan fingerprint density at radius 1 is 0.594 bits per heavy atom. The molecule has 2 nitrogen and oxygen atoms in total. The molecule has 2 heteroatoms. The van der Waals surface area contributed by atoms with Crippen molar-refractivity contribution in [2.45, 2.75) is 32.1 Å². The van der Waals surface area contributed by atoms with Crippen LogP contribution in [0.15, 0.2) is 272 Å². The van der Waals surface area contributed by atoms with E-state index in [1.807, 2.05) is 48.5 Å². The normalized spacial score (nSPS) is 15.4. The van der Waals surface area contributed by atoms with E-state index in [0.29, 0.717) is 0 Å². The van der Waals surface area contributed by atoms with E-state index in [1.54, 1.807) is 0 Å². The molecule has 1 atom stereocenters. The molecule has 3 aliphatic carbocycles. The number of para-hydroxylation sites is 3. The molecule has 0 bridgehead atoms. The van der Waals surface area contributed by atoms with Crippen molar-refractivity contribution in [3.8, 4) is 0 Å². The molecule has 1 N–H and O–H groups in total. The SMILES string of the molecule is C=C/C=C(\C=C\C1CC=CC=C1N(C1=CC=C(C2=c3ccccc3=CCC2)CC1)c1ccccc1)c1ccccc1Nc1ccccc1.c1ccc2ccccc2c1.c1ccccc1. The monoisotopic (exact) mass is 828 g/mol. The average molecular weight is 829 g/mol. The third-order valence-electron chi connectivity index (χ3n) is 11.7. The molecule has 0 saturated heterocycles. The molecule has 3 aliphatic rings. The lowest BCUT2D eigenvalue weighted by atomic mass is 9.87. The van der Waals surface area contributed by atoms with Crippen molar-refractivity contribution < 1.29 is 0 Å². The molecule has 0 fully saturated rings. The van der Waals surface area contributed by atoms with Gasteiger partial charge in [0, 0.05) is 39.9 Å². The van der Waals surface area contributed by atoms with Crippen LogP contribution in [-0.2, 0) is 0 Å². The van der Waals surface area contributed by atoms with E-state index in [4.69, 9.17) is 0 Å². The van der Waals surface area contributed by atoms with Crippen LogP contribution in [0.25, 0.3) is 28.0 Å². The highest BCUT2D eigenvalue weighted by Crippen LogP contribution is 2.38. The van der Waals surface area contributed by atoms with Crippen molar-refractivity contribution in [1.29, 1.82) is 0 Å². The van der Waals surface area contributed by atoms with Crippen LogP contribution < -0.4 is 20.7 Å². The number of rotatable bonds is 10. The summed E-state index contributed by atoms with van der Waals surface area (Å²) in [5.41, 5.74) is 11.2. The van der Waals surface area contributed by atoms with Gasteiger partial charge in [0.05, 0.1) is 0 Å². The van der Waals surface area contributed by atoms with Gasteiger partial charge in [0.2, 0.25) is 0 Å². The number of nitrogens with zero attached hydrogens (tertiary/aromatic N) is 1. The van der Waals surface area contributed by atoms with Crippen LogP contribution in [0.4, 0.5) is 17.1 Å². The predicted octanol–water partition coefficient (Wildman–Crippen LogP) is 15.1. The number of hydrogen-bond donors (Lipinski definition) is 1. The molecule has 7 aromatic carbocycles. The third kappa shape index (κ3) is 11.2. The van der Waals surface area contributed by atoms with Gasteiger partial charge in [-0.05, 0) is 113 Å². The maximum atomic E-state index is 4.05. The van der Waals surface area contributed by atoms with Gasteiger partial charge in [0.15, 0.2) is 0 Å². The Labute approximate surface area is 380 Å². The lowest BCUT2D eigenvalue weighted by molar-refractivity contribution is 0.717. The Morgan fingerprint density at radius 3 is 1.88 bits per heavy atom. The number of fused-ring (bicyclic) bond motifs is 2. The Hall–Kier alpha value is -7.68. The van der Waals surface area contributed by atoms with Gasteiger partial charge in [-0.2, -0.15) is 0 Å². The van der Waals surface area contributed by atoms with Crippen molar-refractivity contribution in [3.05, 3.63) is 288 Å². The van der Waals surface area contributed by atoms with Crippen LogP contribution >= 0.6 is 0 Å². The number of nitrogens with one attached hydrogen (secondary N) is 1. The average Bonchev–Trinajstić information content (AvgIpc) is 3.37. The molecular formula is C62H56N2. The van der Waals surface area contributed by atoms with Crippen LogP contribution in [0.5, 0.6) is 0 Å². The molecule has 314 valence electrons. The lowest BCUT2D eigenvalue weighted by Gasteiger charge is -2.35. The van der Waals surface area contributed by atoms with E-state index in [1.165, 1.54) is 49.4 Å². The fourth-order valence-corrected chi connectivity index (χ4v) is 8.59. The van der Waals surface area contributed by atoms with Gasteiger partial charge in [0.1, 0.15) is 0 Å². The first-order chi connectivity index (χ1) is 31.7. The first kappa shape index (κ1) is 43.0. The molecule has 10 rings (SSSR count). The summed E-state index contributed by atoms with van der Waals surface area (Å²) in [6.07, 6.45) is 27.8. The molecule has 64 heavy (non-hydrogen) atoms. The topological polar surface area (TPSA) is 15.3 Å². The first-order valence-corrected chi connectivity index (χ1v) is 22.5. The minimum Gasteiger partial charge on any atom is -0.355 e. The number of allylic oxidation sites excluding steroid dienone is 12. The number of anilines is 3. The number of benzene rings is 7. The Morgan fingerprint density at radius 2 is 1.20 bits per heavy atom. The Kier molecular flexibility index (Phi) is 15.1. The van der Waals surface area contributed by atoms with E-state index in [0.717, 1.165) is 54.6 Å². The van der Waals surface area contributed by atoms with Crippen molar-refractivity contribution >= 4 is 45.1 Å². The standard InChI is InChI=1S/C46H42N2.C10H8.C6H6/c1-2-16-35(44-25-12-13-27-45(44)47-39-20-5-3-6-21-39)29-30-38-18-10-14-28-46(38)48(40-22-7-4-8-23-40)41-33-31-37(32-34-41)43-26-15-19-36-17-9-11-24-42(36)43;1-2-6-10-8-4-3-7-9(10)5-1;1-2-4-6-5-3-1/h2-14,16-17,19-25,27-31,33,38,47H,1,15,18,26,32,34H2;1-8H;1-6H/b30-29+,35-16+;;. The second-order valence-corrected chi connectivity index (χ2v) is 15.9. The largest absolute Gasteiger partial charge is 0.355 e. The van der Waals surface area contributed by atoms with E-state index in [9.17, 15) is 0 Å². The highest BCUT2D eigenvalue weighted by Gasteiger charge is 2.25. The van der Waals surface area contributed by atoms with Crippen molar-refractivity contribution in [2.75, 3.05) is 10.2 Å². The summed E-state index contributed by atoms with van der Waals surface area (Å²) in [4.78, 5) is 2.50. The summed E-state index contributed by atoms with van der Waals surface area (Å²) in [6.45, 7) is 4.05. The van der Waals surface area contributed by atoms with Crippen molar-refractivity contribution in [1.82, 2.24) is 0 Å². The molecule has 0 heterocycles. The van der Waals surface area contributed by atoms with E-state index in [-0.39, 0.29) is 5.92 Å². The molecule has 0 aliphatic heterocycles. The zero-order chi connectivity index (χ0) is 43.6. The van der Waals surface area contributed by atoms with Gasteiger partial charge in [-0.1, -0.05) is 219 Å². The van der Waals surface area contributed by atoms with Crippen LogP contribution in [0.3, 0.4) is 0 Å². The van der Waals surface area contributed by atoms with Gasteiger partial charge >= 0.3 is 0 Å². The van der Waals surface area contributed by atoms with Gasteiger partial charge in [-0.15, -0.1) is 0 Å². The van der Waals surface area contributed by atoms with Gasteiger partial charge in [0.25, 0.3) is 0 Å². The fraction of sp³-hybridized carbons (Fsp3) is 0.0968. The minimum absolute atomic E-state index is 0.207. The second kappa shape index (κ2) is 22.4. The van der Waals surface area contributed by atoms with Crippen LogP contribution in [0.2, 0.25) is 0 Å². The summed E-state index contributed by atoms with van der Waals surface area (Å²) in [5, 5.41) is 9.01. The van der Waals surface area contributed by atoms with Gasteiger partial charge in [-0.25, -0.2) is 0 Å². The molecular weight excluding hydrogens is 773 g/mol. The summed E-state index contributed by atoms with van der Waals surface area (Å²) in [7, 11) is 0. The summed E-state index contributed by atoms with van der Waals surface area (Å²) in [5.74, 6) is 0.207.